The SMILES string of the molecule is C[C@@H]1[C@@H](N=C(N)N2CCN(c3ccc4c(c3)C(=O)N(CCc3ccc(F)cc3F)C4)[C@@H](C)C2)C[C@H]2C[C@@H]1C2(C)C. The first-order valence-corrected chi connectivity index (χ1v) is 14.7. The second-order valence-electron chi connectivity index (χ2n) is 13.1. The van der Waals surface area contributed by atoms with Crippen molar-refractivity contribution in [3.63, 3.8) is 0 Å². The van der Waals surface area contributed by atoms with Crippen molar-refractivity contribution in [1.82, 2.24) is 9.80 Å². The highest BCUT2D eigenvalue weighted by Crippen LogP contribution is 2.61. The van der Waals surface area contributed by atoms with Gasteiger partial charge >= 0.3 is 0 Å². The van der Waals surface area contributed by atoms with Crippen LogP contribution in [-0.4, -0.2) is 59.9 Å². The van der Waals surface area contributed by atoms with Crippen molar-refractivity contribution in [1.29, 1.82) is 0 Å². The molecule has 2 aliphatic heterocycles. The van der Waals surface area contributed by atoms with Gasteiger partial charge in [0.2, 0.25) is 0 Å². The maximum Gasteiger partial charge on any atom is 0.254 e. The van der Waals surface area contributed by atoms with Crippen LogP contribution < -0.4 is 10.6 Å². The number of anilines is 1. The Morgan fingerprint density at radius 1 is 1.10 bits per heavy atom. The van der Waals surface area contributed by atoms with Gasteiger partial charge in [0.25, 0.3) is 5.91 Å². The summed E-state index contributed by atoms with van der Waals surface area (Å²) in [5, 5.41) is 0. The van der Waals surface area contributed by atoms with Crippen LogP contribution in [0.3, 0.4) is 0 Å². The van der Waals surface area contributed by atoms with Gasteiger partial charge in [-0.3, -0.25) is 4.79 Å². The standard InChI is InChI=1S/C32H41F2N5O/c1-19-17-38(31(35)36-29-14-23-13-27(20(29)2)32(23,3)4)11-12-39(19)25-8-6-22-18-37(30(40)26(22)16-25)10-9-21-5-7-24(33)15-28(21)34/h5-8,15-16,19-20,23,27,29H,9-14,17-18H2,1-4H3,(H2,35,36)/t19-,20-,23+,27-,29-/m0/s1. The molecule has 5 aliphatic rings. The van der Waals surface area contributed by atoms with Crippen LogP contribution in [0, 0.1) is 34.8 Å². The Kier molecular flexibility index (Phi) is 6.78. The third kappa shape index (κ3) is 4.63. The molecule has 0 unspecified atom stereocenters. The normalized spacial score (nSPS) is 29.4. The third-order valence-corrected chi connectivity index (χ3v) is 10.5. The number of halogens is 2. The monoisotopic (exact) mass is 549 g/mol. The summed E-state index contributed by atoms with van der Waals surface area (Å²) in [6.07, 6.45) is 2.82. The minimum Gasteiger partial charge on any atom is -0.370 e. The number of benzene rings is 2. The summed E-state index contributed by atoms with van der Waals surface area (Å²) in [5.41, 5.74) is 10.2. The lowest BCUT2D eigenvalue weighted by Crippen LogP contribution is -2.58. The van der Waals surface area contributed by atoms with Crippen LogP contribution in [-0.2, 0) is 13.0 Å². The van der Waals surface area contributed by atoms with Crippen molar-refractivity contribution >= 4 is 17.6 Å². The van der Waals surface area contributed by atoms with Crippen molar-refractivity contribution in [2.45, 2.75) is 65.6 Å². The fourth-order valence-electron chi connectivity index (χ4n) is 7.78. The Morgan fingerprint density at radius 3 is 2.60 bits per heavy atom. The van der Waals surface area contributed by atoms with Gasteiger partial charge in [-0.1, -0.05) is 32.9 Å². The molecule has 0 spiro atoms. The molecule has 3 aliphatic carbocycles. The number of guanidine groups is 1. The Morgan fingerprint density at radius 2 is 1.90 bits per heavy atom. The van der Waals surface area contributed by atoms with Crippen LogP contribution in [0.25, 0.3) is 0 Å². The van der Waals surface area contributed by atoms with E-state index in [9.17, 15) is 13.6 Å². The first-order valence-electron chi connectivity index (χ1n) is 14.7. The van der Waals surface area contributed by atoms with E-state index < -0.39 is 11.6 Å². The number of carbonyl (C=O) groups is 1. The van der Waals surface area contributed by atoms with Gasteiger partial charge < -0.3 is 20.4 Å². The predicted octanol–water partition coefficient (Wildman–Crippen LogP) is 5.06. The first kappa shape index (κ1) is 27.0. The molecule has 3 saturated carbocycles. The van der Waals surface area contributed by atoms with Crippen LogP contribution >= 0.6 is 0 Å². The molecule has 1 amide bonds. The van der Waals surface area contributed by atoms with Crippen molar-refractivity contribution < 1.29 is 13.6 Å². The van der Waals surface area contributed by atoms with E-state index in [1.54, 1.807) is 4.90 Å². The van der Waals surface area contributed by atoms with Crippen molar-refractivity contribution in [2.75, 3.05) is 31.1 Å². The van der Waals surface area contributed by atoms with Crippen molar-refractivity contribution in [3.05, 3.63) is 64.7 Å². The molecule has 2 aromatic rings. The molecule has 214 valence electrons. The zero-order valence-electron chi connectivity index (χ0n) is 24.0. The van der Waals surface area contributed by atoms with Gasteiger partial charge in [0.15, 0.2) is 5.96 Å². The van der Waals surface area contributed by atoms with Crippen LogP contribution in [0.2, 0.25) is 0 Å². The average Bonchev–Trinajstić information content (AvgIpc) is 3.23. The van der Waals surface area contributed by atoms with Gasteiger partial charge in [-0.05, 0) is 78.7 Å². The largest absolute Gasteiger partial charge is 0.370 e. The van der Waals surface area contributed by atoms with E-state index in [0.717, 1.165) is 55.2 Å². The second-order valence-corrected chi connectivity index (χ2v) is 13.1. The number of fused-ring (bicyclic) bond motifs is 3. The molecule has 0 aromatic heterocycles. The van der Waals surface area contributed by atoms with E-state index in [2.05, 4.69) is 43.6 Å². The van der Waals surface area contributed by atoms with Gasteiger partial charge in [0.05, 0.1) is 6.04 Å². The van der Waals surface area contributed by atoms with Gasteiger partial charge in [-0.2, -0.15) is 0 Å². The number of aliphatic imine (C=N–C) groups is 1. The number of piperazine rings is 1. The van der Waals surface area contributed by atoms with Crippen LogP contribution in [0.1, 0.15) is 62.0 Å². The molecule has 7 rings (SSSR count). The number of nitrogens with two attached hydrogens (primary N) is 1. The van der Waals surface area contributed by atoms with Crippen LogP contribution in [0.4, 0.5) is 14.5 Å². The number of amides is 1. The Bertz CT molecular complexity index is 1340. The summed E-state index contributed by atoms with van der Waals surface area (Å²) in [4.78, 5) is 24.6. The summed E-state index contributed by atoms with van der Waals surface area (Å²) >= 11 is 0. The molecule has 2 N–H and O–H groups in total. The predicted molar refractivity (Wildman–Crippen MR) is 154 cm³/mol. The Balaban J connectivity index is 1.08. The lowest BCUT2D eigenvalue weighted by molar-refractivity contribution is -0.108. The highest BCUT2D eigenvalue weighted by atomic mass is 19.1. The lowest BCUT2D eigenvalue weighted by Gasteiger charge is -2.61. The zero-order chi connectivity index (χ0) is 28.3. The summed E-state index contributed by atoms with van der Waals surface area (Å²) in [6.45, 7) is 12.6. The maximum absolute atomic E-state index is 14.1. The molecule has 4 fully saturated rings. The number of hydrogen-bond acceptors (Lipinski definition) is 3. The summed E-state index contributed by atoms with van der Waals surface area (Å²) in [6, 6.07) is 10.3. The Labute approximate surface area is 236 Å². The van der Waals surface area contributed by atoms with Crippen LogP contribution in [0.5, 0.6) is 0 Å². The Hall–Kier alpha value is -3.16. The molecule has 40 heavy (non-hydrogen) atoms. The number of nitrogens with zero attached hydrogens (tertiary/aromatic N) is 4. The summed E-state index contributed by atoms with van der Waals surface area (Å²) in [5.74, 6) is 1.53. The zero-order valence-corrected chi connectivity index (χ0v) is 24.0. The fourth-order valence-corrected chi connectivity index (χ4v) is 7.78. The molecule has 2 bridgehead atoms. The molecule has 1 saturated heterocycles. The van der Waals surface area contributed by atoms with E-state index in [4.69, 9.17) is 10.7 Å². The number of carbonyl (C=O) groups excluding carboxylic acids is 1. The highest BCUT2D eigenvalue weighted by Gasteiger charge is 2.56. The van der Waals surface area contributed by atoms with Gasteiger partial charge in [0, 0.05) is 56.1 Å². The van der Waals surface area contributed by atoms with E-state index in [1.165, 1.54) is 18.6 Å². The molecule has 2 heterocycles. The third-order valence-electron chi connectivity index (χ3n) is 10.5. The van der Waals surface area contributed by atoms with Crippen LogP contribution in [0.15, 0.2) is 41.4 Å². The molecule has 2 aromatic carbocycles. The summed E-state index contributed by atoms with van der Waals surface area (Å²) in [7, 11) is 0. The molecular weight excluding hydrogens is 508 g/mol. The van der Waals surface area contributed by atoms with Gasteiger partial charge in [-0.25, -0.2) is 13.8 Å². The smallest absolute Gasteiger partial charge is 0.254 e. The van der Waals surface area contributed by atoms with E-state index in [0.29, 0.717) is 54.0 Å². The molecule has 8 heteroatoms. The molecule has 6 nitrogen and oxygen atoms in total. The minimum atomic E-state index is -0.595. The second kappa shape index (κ2) is 10.0. The van der Waals surface area contributed by atoms with Gasteiger partial charge in [0.1, 0.15) is 11.6 Å². The number of rotatable bonds is 5. The molecular formula is C32H41F2N5O. The van der Waals surface area contributed by atoms with E-state index in [1.807, 2.05) is 12.1 Å². The van der Waals surface area contributed by atoms with Crippen molar-refractivity contribution in [2.24, 2.45) is 33.9 Å². The maximum atomic E-state index is 14.1. The highest BCUT2D eigenvalue weighted by molar-refractivity contribution is 5.99. The number of hydrogen-bond donors (Lipinski definition) is 1. The summed E-state index contributed by atoms with van der Waals surface area (Å²) < 4.78 is 27.3. The van der Waals surface area contributed by atoms with Crippen molar-refractivity contribution in [3.8, 4) is 0 Å². The first-order chi connectivity index (χ1) is 19.0. The topological polar surface area (TPSA) is 65.2 Å². The quantitative estimate of drug-likeness (QED) is 0.418. The van der Waals surface area contributed by atoms with E-state index >= 15 is 0 Å². The molecule has 0 radical (unpaired) electrons. The van der Waals surface area contributed by atoms with Gasteiger partial charge in [-0.15, -0.1) is 0 Å². The lowest BCUT2D eigenvalue weighted by atomic mass is 9.45. The average molecular weight is 550 g/mol. The minimum absolute atomic E-state index is 0.0372. The molecule has 5 atom stereocenters. The van der Waals surface area contributed by atoms with E-state index in [-0.39, 0.29) is 11.9 Å². The fraction of sp³-hybridized carbons (Fsp3) is 0.562.